The summed E-state index contributed by atoms with van der Waals surface area (Å²) in [7, 11) is 0. The number of hydrogen-bond acceptors (Lipinski definition) is 4. The quantitative estimate of drug-likeness (QED) is 0.897. The number of carbonyl (C=O) groups is 1. The molecule has 1 unspecified atom stereocenters. The van der Waals surface area contributed by atoms with Crippen LogP contribution in [-0.4, -0.2) is 41.5 Å². The van der Waals surface area contributed by atoms with E-state index in [-0.39, 0.29) is 5.91 Å². The van der Waals surface area contributed by atoms with Gasteiger partial charge >= 0.3 is 0 Å². The highest BCUT2D eigenvalue weighted by molar-refractivity contribution is 8.06. The van der Waals surface area contributed by atoms with E-state index in [9.17, 15) is 4.79 Å². The lowest BCUT2D eigenvalue weighted by Crippen LogP contribution is -2.33. The Morgan fingerprint density at radius 3 is 3.21 bits per heavy atom. The molecule has 1 aromatic rings. The Kier molecular flexibility index (Phi) is 4.23. The van der Waals surface area contributed by atoms with Crippen molar-refractivity contribution in [2.45, 2.75) is 11.7 Å². The molecule has 1 fully saturated rings. The summed E-state index contributed by atoms with van der Waals surface area (Å²) in [4.78, 5) is 12.1. The van der Waals surface area contributed by atoms with Gasteiger partial charge in [-0.2, -0.15) is 23.5 Å². The fourth-order valence-electron chi connectivity index (χ4n) is 2.41. The first-order chi connectivity index (χ1) is 9.33. The zero-order chi connectivity index (χ0) is 13.1. The number of thioether (sulfide) groups is 2. The van der Waals surface area contributed by atoms with Crippen molar-refractivity contribution in [2.24, 2.45) is 0 Å². The van der Waals surface area contributed by atoms with Gasteiger partial charge in [-0.15, -0.1) is 0 Å². The van der Waals surface area contributed by atoms with E-state index in [0.717, 1.165) is 30.8 Å². The summed E-state index contributed by atoms with van der Waals surface area (Å²) in [5, 5.41) is 6.95. The van der Waals surface area contributed by atoms with Gasteiger partial charge in [0.2, 0.25) is 0 Å². The summed E-state index contributed by atoms with van der Waals surface area (Å²) in [6.07, 6.45) is 1.02. The number of hydrogen-bond donors (Lipinski definition) is 2. The average molecular weight is 294 g/mol. The van der Waals surface area contributed by atoms with Crippen molar-refractivity contribution >= 4 is 35.1 Å². The first-order valence-electron chi connectivity index (χ1n) is 6.67. The average Bonchev–Trinajstić information content (AvgIpc) is 2.93. The molecule has 1 atom stereocenters. The topological polar surface area (TPSA) is 41.1 Å². The van der Waals surface area contributed by atoms with Crippen molar-refractivity contribution in [3.05, 3.63) is 29.3 Å². The lowest BCUT2D eigenvalue weighted by Gasteiger charge is -2.21. The highest BCUT2D eigenvalue weighted by atomic mass is 32.2. The second-order valence-electron chi connectivity index (χ2n) is 4.83. The van der Waals surface area contributed by atoms with Gasteiger partial charge < -0.3 is 10.6 Å². The van der Waals surface area contributed by atoms with E-state index in [1.807, 2.05) is 41.7 Å². The van der Waals surface area contributed by atoms with Crippen LogP contribution >= 0.6 is 23.5 Å². The standard InChI is InChI=1S/C14H18N2OS2/c17-14(16-8-12-9-18-5-6-19-12)11-1-2-13-10(7-11)3-4-15-13/h1-2,7,12,15H,3-6,8-9H2,(H,16,17). The van der Waals surface area contributed by atoms with Gasteiger partial charge in [-0.1, -0.05) is 0 Å². The molecule has 2 aliphatic heterocycles. The largest absolute Gasteiger partial charge is 0.384 e. The van der Waals surface area contributed by atoms with Crippen molar-refractivity contribution in [3.63, 3.8) is 0 Å². The Labute approximate surface area is 122 Å². The third-order valence-electron chi connectivity index (χ3n) is 3.45. The van der Waals surface area contributed by atoms with Crippen LogP contribution in [0, 0.1) is 0 Å². The Morgan fingerprint density at radius 1 is 1.42 bits per heavy atom. The predicted molar refractivity (Wildman–Crippen MR) is 84.5 cm³/mol. The highest BCUT2D eigenvalue weighted by Gasteiger charge is 2.17. The normalized spacial score (nSPS) is 21.6. The summed E-state index contributed by atoms with van der Waals surface area (Å²) >= 11 is 3.96. The Balaban J connectivity index is 1.57. The molecule has 0 radical (unpaired) electrons. The summed E-state index contributed by atoms with van der Waals surface area (Å²) in [5.74, 6) is 3.66. The van der Waals surface area contributed by atoms with Crippen LogP contribution in [-0.2, 0) is 6.42 Å². The third-order valence-corrected chi connectivity index (χ3v) is 6.30. The molecule has 1 aromatic carbocycles. The molecule has 2 aliphatic rings. The van der Waals surface area contributed by atoms with Gasteiger partial charge in [0.1, 0.15) is 0 Å². The third kappa shape index (κ3) is 3.20. The van der Waals surface area contributed by atoms with E-state index in [4.69, 9.17) is 0 Å². The molecule has 2 heterocycles. The first-order valence-corrected chi connectivity index (χ1v) is 8.87. The molecule has 19 heavy (non-hydrogen) atoms. The summed E-state index contributed by atoms with van der Waals surface area (Å²) < 4.78 is 0. The Hall–Kier alpha value is -0.810. The Morgan fingerprint density at radius 2 is 2.37 bits per heavy atom. The van der Waals surface area contributed by atoms with E-state index in [2.05, 4.69) is 10.6 Å². The number of carbonyl (C=O) groups excluding carboxylic acids is 1. The Bertz CT molecular complexity index is 473. The van der Waals surface area contributed by atoms with E-state index in [1.165, 1.54) is 22.8 Å². The van der Waals surface area contributed by atoms with Gasteiger partial charge in [0.15, 0.2) is 0 Å². The second-order valence-corrected chi connectivity index (χ2v) is 7.38. The molecule has 0 aromatic heterocycles. The second kappa shape index (κ2) is 6.09. The molecule has 0 bridgehead atoms. The molecule has 5 heteroatoms. The van der Waals surface area contributed by atoms with E-state index < -0.39 is 0 Å². The zero-order valence-corrected chi connectivity index (χ0v) is 12.4. The molecule has 3 rings (SSSR count). The minimum atomic E-state index is 0.0610. The summed E-state index contributed by atoms with van der Waals surface area (Å²) in [6.45, 7) is 1.77. The fourth-order valence-corrected chi connectivity index (χ4v) is 5.02. The van der Waals surface area contributed by atoms with Crippen molar-refractivity contribution < 1.29 is 4.79 Å². The van der Waals surface area contributed by atoms with Crippen molar-refractivity contribution in [1.29, 1.82) is 0 Å². The lowest BCUT2D eigenvalue weighted by molar-refractivity contribution is 0.0954. The highest BCUT2D eigenvalue weighted by Crippen LogP contribution is 2.24. The molecule has 102 valence electrons. The van der Waals surface area contributed by atoms with Crippen LogP contribution in [0.1, 0.15) is 15.9 Å². The number of fused-ring (bicyclic) bond motifs is 1. The minimum absolute atomic E-state index is 0.0610. The summed E-state index contributed by atoms with van der Waals surface area (Å²) in [5.41, 5.74) is 3.22. The SMILES string of the molecule is O=C(NCC1CSCCS1)c1ccc2c(c1)CCN2. The van der Waals surface area contributed by atoms with Crippen molar-refractivity contribution in [2.75, 3.05) is 35.7 Å². The van der Waals surface area contributed by atoms with Gasteiger partial charge in [-0.05, 0) is 30.2 Å². The zero-order valence-electron chi connectivity index (χ0n) is 10.8. The minimum Gasteiger partial charge on any atom is -0.384 e. The van der Waals surface area contributed by atoms with Gasteiger partial charge in [-0.3, -0.25) is 4.79 Å². The fraction of sp³-hybridized carbons (Fsp3) is 0.500. The number of rotatable bonds is 3. The number of benzene rings is 1. The maximum absolute atomic E-state index is 12.1. The summed E-state index contributed by atoms with van der Waals surface area (Å²) in [6, 6.07) is 5.95. The smallest absolute Gasteiger partial charge is 0.251 e. The predicted octanol–water partition coefficient (Wildman–Crippen LogP) is 2.23. The van der Waals surface area contributed by atoms with Crippen LogP contribution in [0.25, 0.3) is 0 Å². The lowest BCUT2D eigenvalue weighted by atomic mass is 10.1. The molecule has 1 amide bonds. The van der Waals surface area contributed by atoms with Gasteiger partial charge in [0, 0.05) is 46.8 Å². The molecule has 2 N–H and O–H groups in total. The molecule has 0 spiro atoms. The van der Waals surface area contributed by atoms with Crippen LogP contribution in [0.3, 0.4) is 0 Å². The van der Waals surface area contributed by atoms with Crippen LogP contribution in [0.5, 0.6) is 0 Å². The molecule has 1 saturated heterocycles. The van der Waals surface area contributed by atoms with Gasteiger partial charge in [0.25, 0.3) is 5.91 Å². The molecular formula is C14H18N2OS2. The van der Waals surface area contributed by atoms with E-state index >= 15 is 0 Å². The molecule has 3 nitrogen and oxygen atoms in total. The molecule has 0 saturated carbocycles. The van der Waals surface area contributed by atoms with Crippen LogP contribution in [0.4, 0.5) is 5.69 Å². The van der Waals surface area contributed by atoms with Crippen molar-refractivity contribution in [3.8, 4) is 0 Å². The van der Waals surface area contributed by atoms with E-state index in [1.54, 1.807) is 0 Å². The molecule has 0 aliphatic carbocycles. The number of amides is 1. The van der Waals surface area contributed by atoms with Crippen LogP contribution in [0.15, 0.2) is 18.2 Å². The van der Waals surface area contributed by atoms with Crippen LogP contribution in [0.2, 0.25) is 0 Å². The van der Waals surface area contributed by atoms with Gasteiger partial charge in [0.05, 0.1) is 0 Å². The maximum atomic E-state index is 12.1. The van der Waals surface area contributed by atoms with Crippen molar-refractivity contribution in [1.82, 2.24) is 5.32 Å². The van der Waals surface area contributed by atoms with E-state index in [0.29, 0.717) is 5.25 Å². The monoisotopic (exact) mass is 294 g/mol. The molecular weight excluding hydrogens is 276 g/mol. The number of anilines is 1. The van der Waals surface area contributed by atoms with Crippen LogP contribution < -0.4 is 10.6 Å². The van der Waals surface area contributed by atoms with Gasteiger partial charge in [-0.25, -0.2) is 0 Å². The maximum Gasteiger partial charge on any atom is 0.251 e. The first kappa shape index (κ1) is 13.2. The number of nitrogens with one attached hydrogen (secondary N) is 2.